The molecule has 0 spiro atoms. The van der Waals surface area contributed by atoms with Crippen molar-refractivity contribution in [1.82, 2.24) is 25.4 Å². The van der Waals surface area contributed by atoms with E-state index in [-0.39, 0.29) is 0 Å². The largest absolute Gasteiger partial charge is 0.490 e. The van der Waals surface area contributed by atoms with Crippen LogP contribution in [0.1, 0.15) is 11.3 Å². The third-order valence-electron chi connectivity index (χ3n) is 4.19. The SMILES string of the molecule is CN=C(NCc1ccc(OCCOc2ccccc2)nc1)NCc1ccnn1C. The Kier molecular flexibility index (Phi) is 7.45. The summed E-state index contributed by atoms with van der Waals surface area (Å²) in [5.74, 6) is 2.12. The number of para-hydroxylation sites is 1. The predicted molar refractivity (Wildman–Crippen MR) is 112 cm³/mol. The molecule has 8 heteroatoms. The van der Waals surface area contributed by atoms with E-state index in [4.69, 9.17) is 9.47 Å². The van der Waals surface area contributed by atoms with Crippen LogP contribution in [0.2, 0.25) is 0 Å². The topological polar surface area (TPSA) is 85.6 Å². The molecule has 8 nitrogen and oxygen atoms in total. The minimum absolute atomic E-state index is 0.435. The van der Waals surface area contributed by atoms with Gasteiger partial charge in [-0.05, 0) is 23.8 Å². The zero-order chi connectivity index (χ0) is 20.3. The Morgan fingerprint density at radius 3 is 2.48 bits per heavy atom. The lowest BCUT2D eigenvalue weighted by Crippen LogP contribution is -2.36. The lowest BCUT2D eigenvalue weighted by Gasteiger charge is -2.12. The van der Waals surface area contributed by atoms with Crippen molar-refractivity contribution in [3.05, 3.63) is 72.2 Å². The van der Waals surface area contributed by atoms with Gasteiger partial charge in [-0.2, -0.15) is 5.10 Å². The van der Waals surface area contributed by atoms with Crippen molar-refractivity contribution in [1.29, 1.82) is 0 Å². The van der Waals surface area contributed by atoms with Crippen LogP contribution in [-0.4, -0.2) is 41.0 Å². The fraction of sp³-hybridized carbons (Fsp3) is 0.286. The Morgan fingerprint density at radius 1 is 1.00 bits per heavy atom. The molecule has 0 saturated carbocycles. The highest BCUT2D eigenvalue weighted by molar-refractivity contribution is 5.79. The van der Waals surface area contributed by atoms with E-state index in [0.29, 0.717) is 38.1 Å². The number of benzene rings is 1. The third kappa shape index (κ3) is 6.53. The number of rotatable bonds is 9. The molecular weight excluding hydrogens is 368 g/mol. The van der Waals surface area contributed by atoms with Crippen LogP contribution in [-0.2, 0) is 20.1 Å². The summed E-state index contributed by atoms with van der Waals surface area (Å²) in [6.07, 6.45) is 3.56. The van der Waals surface area contributed by atoms with E-state index < -0.39 is 0 Å². The summed E-state index contributed by atoms with van der Waals surface area (Å²) >= 11 is 0. The lowest BCUT2D eigenvalue weighted by molar-refractivity contribution is 0.212. The van der Waals surface area contributed by atoms with Crippen molar-refractivity contribution in [2.24, 2.45) is 12.0 Å². The first kappa shape index (κ1) is 20.2. The van der Waals surface area contributed by atoms with Gasteiger partial charge in [0.05, 0.1) is 12.2 Å². The van der Waals surface area contributed by atoms with Gasteiger partial charge in [0, 0.05) is 39.1 Å². The van der Waals surface area contributed by atoms with Crippen molar-refractivity contribution >= 4 is 5.96 Å². The number of hydrogen-bond donors (Lipinski definition) is 2. The summed E-state index contributed by atoms with van der Waals surface area (Å²) in [7, 11) is 3.65. The molecule has 3 rings (SSSR count). The van der Waals surface area contributed by atoms with E-state index in [1.54, 1.807) is 19.4 Å². The summed E-state index contributed by atoms with van der Waals surface area (Å²) < 4.78 is 13.0. The van der Waals surface area contributed by atoms with Gasteiger partial charge in [-0.25, -0.2) is 4.98 Å². The molecule has 2 aromatic heterocycles. The highest BCUT2D eigenvalue weighted by Crippen LogP contribution is 2.10. The van der Waals surface area contributed by atoms with Gasteiger partial charge in [0.2, 0.25) is 5.88 Å². The van der Waals surface area contributed by atoms with E-state index in [9.17, 15) is 0 Å². The molecule has 0 aliphatic rings. The maximum atomic E-state index is 5.62. The van der Waals surface area contributed by atoms with Crippen LogP contribution < -0.4 is 20.1 Å². The Balaban J connectivity index is 1.37. The van der Waals surface area contributed by atoms with Gasteiger partial charge in [-0.15, -0.1) is 0 Å². The number of aliphatic imine (C=N–C) groups is 1. The van der Waals surface area contributed by atoms with Crippen molar-refractivity contribution in [3.8, 4) is 11.6 Å². The molecule has 152 valence electrons. The summed E-state index contributed by atoms with van der Waals surface area (Å²) in [6.45, 7) is 2.15. The molecule has 0 fully saturated rings. The van der Waals surface area contributed by atoms with Crippen molar-refractivity contribution in [2.45, 2.75) is 13.1 Å². The minimum Gasteiger partial charge on any atom is -0.490 e. The quantitative estimate of drug-likeness (QED) is 0.329. The number of pyridine rings is 1. The standard InChI is InChI=1S/C21H26N6O2/c1-22-21(25-16-18-10-11-26-27(18)2)24-15-17-8-9-20(23-14-17)29-13-12-28-19-6-4-3-5-7-19/h3-11,14H,12-13,15-16H2,1-2H3,(H2,22,24,25). The Morgan fingerprint density at radius 2 is 1.79 bits per heavy atom. The lowest BCUT2D eigenvalue weighted by atomic mass is 10.3. The minimum atomic E-state index is 0.435. The van der Waals surface area contributed by atoms with Crippen molar-refractivity contribution in [3.63, 3.8) is 0 Å². The Labute approximate surface area is 170 Å². The fourth-order valence-corrected chi connectivity index (χ4v) is 2.58. The van der Waals surface area contributed by atoms with Gasteiger partial charge in [-0.1, -0.05) is 24.3 Å². The highest BCUT2D eigenvalue weighted by atomic mass is 16.5. The molecule has 1 aromatic carbocycles. The molecule has 0 saturated heterocycles. The number of nitrogens with one attached hydrogen (secondary N) is 2. The van der Waals surface area contributed by atoms with E-state index in [0.717, 1.165) is 17.0 Å². The molecular formula is C21H26N6O2. The number of aromatic nitrogens is 3. The predicted octanol–water partition coefficient (Wildman–Crippen LogP) is 2.14. The number of nitrogens with zero attached hydrogens (tertiary/aromatic N) is 4. The molecule has 0 bridgehead atoms. The molecule has 0 aliphatic heterocycles. The van der Waals surface area contributed by atoms with Crippen LogP contribution in [0.25, 0.3) is 0 Å². The second kappa shape index (κ2) is 10.7. The number of guanidine groups is 1. The second-order valence-corrected chi connectivity index (χ2v) is 6.24. The van der Waals surface area contributed by atoms with Crippen LogP contribution >= 0.6 is 0 Å². The van der Waals surface area contributed by atoms with Gasteiger partial charge < -0.3 is 20.1 Å². The fourth-order valence-electron chi connectivity index (χ4n) is 2.58. The first-order valence-corrected chi connectivity index (χ1v) is 9.41. The summed E-state index contributed by atoms with van der Waals surface area (Å²) in [4.78, 5) is 8.57. The van der Waals surface area contributed by atoms with Gasteiger partial charge in [0.1, 0.15) is 19.0 Å². The van der Waals surface area contributed by atoms with Crippen LogP contribution in [0.15, 0.2) is 65.9 Å². The smallest absolute Gasteiger partial charge is 0.213 e. The molecule has 2 N–H and O–H groups in total. The second-order valence-electron chi connectivity index (χ2n) is 6.24. The first-order chi connectivity index (χ1) is 14.2. The average Bonchev–Trinajstić information content (AvgIpc) is 3.18. The van der Waals surface area contributed by atoms with Gasteiger partial charge in [0.25, 0.3) is 0 Å². The highest BCUT2D eigenvalue weighted by Gasteiger charge is 2.03. The molecule has 0 unspecified atom stereocenters. The number of aryl methyl sites for hydroxylation is 1. The zero-order valence-electron chi connectivity index (χ0n) is 16.7. The summed E-state index contributed by atoms with van der Waals surface area (Å²) in [5.41, 5.74) is 2.11. The van der Waals surface area contributed by atoms with E-state index in [1.807, 2.05) is 60.3 Å². The van der Waals surface area contributed by atoms with Crippen LogP contribution in [0.4, 0.5) is 0 Å². The van der Waals surface area contributed by atoms with E-state index >= 15 is 0 Å². The molecule has 2 heterocycles. The maximum absolute atomic E-state index is 5.62. The Hall–Kier alpha value is -3.55. The average molecular weight is 394 g/mol. The number of ether oxygens (including phenoxy) is 2. The van der Waals surface area contributed by atoms with Crippen molar-refractivity contribution < 1.29 is 9.47 Å². The van der Waals surface area contributed by atoms with Gasteiger partial charge in [0.15, 0.2) is 5.96 Å². The van der Waals surface area contributed by atoms with Crippen LogP contribution in [0, 0.1) is 0 Å². The molecule has 0 amide bonds. The van der Waals surface area contributed by atoms with E-state index in [2.05, 4.69) is 25.7 Å². The van der Waals surface area contributed by atoms with Gasteiger partial charge >= 0.3 is 0 Å². The monoisotopic (exact) mass is 394 g/mol. The van der Waals surface area contributed by atoms with Crippen molar-refractivity contribution in [2.75, 3.05) is 20.3 Å². The van der Waals surface area contributed by atoms with Crippen LogP contribution in [0.5, 0.6) is 11.6 Å². The molecule has 0 atom stereocenters. The first-order valence-electron chi connectivity index (χ1n) is 9.41. The maximum Gasteiger partial charge on any atom is 0.213 e. The molecule has 0 radical (unpaired) electrons. The van der Waals surface area contributed by atoms with Gasteiger partial charge in [-0.3, -0.25) is 9.67 Å². The third-order valence-corrected chi connectivity index (χ3v) is 4.19. The van der Waals surface area contributed by atoms with Crippen LogP contribution in [0.3, 0.4) is 0 Å². The summed E-state index contributed by atoms with van der Waals surface area (Å²) in [6, 6.07) is 15.5. The summed E-state index contributed by atoms with van der Waals surface area (Å²) in [5, 5.41) is 10.7. The molecule has 0 aliphatic carbocycles. The normalized spacial score (nSPS) is 11.2. The Bertz CT molecular complexity index is 893. The zero-order valence-corrected chi connectivity index (χ0v) is 16.7. The number of hydrogen-bond acceptors (Lipinski definition) is 5. The van der Waals surface area contributed by atoms with E-state index in [1.165, 1.54) is 0 Å². The molecule has 29 heavy (non-hydrogen) atoms. The molecule has 3 aromatic rings.